The van der Waals surface area contributed by atoms with Gasteiger partial charge in [0.05, 0.1) is 12.8 Å². The van der Waals surface area contributed by atoms with Gasteiger partial charge in [-0.1, -0.05) is 0 Å². The van der Waals surface area contributed by atoms with Crippen LogP contribution in [0.3, 0.4) is 0 Å². The third-order valence-corrected chi connectivity index (χ3v) is 1.78. The summed E-state index contributed by atoms with van der Waals surface area (Å²) in [5.41, 5.74) is -0.561. The van der Waals surface area contributed by atoms with Crippen LogP contribution in [0.5, 0.6) is 0 Å². The molecule has 0 aromatic heterocycles. The topological polar surface area (TPSA) is 38.3 Å². The Morgan fingerprint density at radius 3 is 2.24 bits per heavy atom. The van der Waals surface area contributed by atoms with Gasteiger partial charge in [0.25, 0.3) is 0 Å². The molecule has 0 heterocycles. The van der Waals surface area contributed by atoms with Gasteiger partial charge in [0, 0.05) is 12.6 Å². The molecule has 1 atom stereocenters. The molecule has 0 aliphatic heterocycles. The highest BCUT2D eigenvalue weighted by molar-refractivity contribution is 5.70. The molecule has 0 amide bonds. The average Bonchev–Trinajstić information content (AvgIpc) is 1.95. The van der Waals surface area contributed by atoms with Crippen molar-refractivity contribution in [3.05, 3.63) is 0 Å². The van der Waals surface area contributed by atoms with Crippen molar-refractivity contribution in [3.8, 4) is 0 Å². The lowest BCUT2D eigenvalue weighted by Crippen LogP contribution is -2.33. The Kier molecular flexibility index (Phi) is 5.95. The second-order valence-corrected chi connectivity index (χ2v) is 5.01. The van der Waals surface area contributed by atoms with Crippen LogP contribution in [-0.4, -0.2) is 30.3 Å². The Labute approximate surface area is 99.7 Å². The van der Waals surface area contributed by atoms with E-state index in [1.54, 1.807) is 20.8 Å². The molecule has 1 N–H and O–H groups in total. The first-order valence-corrected chi connectivity index (χ1v) is 5.51. The number of carbonyl (C=O) groups excluding carboxylic acids is 1. The summed E-state index contributed by atoms with van der Waals surface area (Å²) in [4.78, 5) is 11.2. The molecule has 1 unspecified atom stereocenters. The molecule has 0 aromatic rings. The maximum Gasteiger partial charge on any atom is 0.390 e. The second kappa shape index (κ2) is 6.23. The normalized spacial score (nSPS) is 14.5. The lowest BCUT2D eigenvalue weighted by Gasteiger charge is -2.20. The number of hydrogen-bond donors (Lipinski definition) is 1. The predicted octanol–water partition coefficient (Wildman–Crippen LogP) is 2.65. The summed E-state index contributed by atoms with van der Waals surface area (Å²) in [6.07, 6.45) is -5.01. The maximum absolute atomic E-state index is 12.0. The lowest BCUT2D eigenvalue weighted by atomic mass is 10.2. The van der Waals surface area contributed by atoms with Gasteiger partial charge in [-0.05, 0) is 27.7 Å². The van der Waals surface area contributed by atoms with Gasteiger partial charge in [0.15, 0.2) is 0 Å². The van der Waals surface area contributed by atoms with Crippen LogP contribution in [0.25, 0.3) is 0 Å². The van der Waals surface area contributed by atoms with Crippen LogP contribution in [-0.2, 0) is 9.53 Å². The fraction of sp³-hybridized carbons (Fsp3) is 0.909. The van der Waals surface area contributed by atoms with Gasteiger partial charge < -0.3 is 10.1 Å². The molecule has 102 valence electrons. The minimum atomic E-state index is -4.18. The Morgan fingerprint density at radius 1 is 1.29 bits per heavy atom. The SMILES string of the molecule is CC(CC(F)(F)F)NCCC(=O)OC(C)(C)C. The summed E-state index contributed by atoms with van der Waals surface area (Å²) in [5, 5.41) is 2.63. The zero-order valence-corrected chi connectivity index (χ0v) is 10.6. The highest BCUT2D eigenvalue weighted by Crippen LogP contribution is 2.21. The van der Waals surface area contributed by atoms with Crippen LogP contribution in [0.4, 0.5) is 13.2 Å². The van der Waals surface area contributed by atoms with E-state index in [0.29, 0.717) is 0 Å². The summed E-state index contributed by atoms with van der Waals surface area (Å²) in [5.74, 6) is -0.413. The van der Waals surface area contributed by atoms with E-state index >= 15 is 0 Å². The minimum Gasteiger partial charge on any atom is -0.460 e. The first-order chi connectivity index (χ1) is 7.49. The first-order valence-electron chi connectivity index (χ1n) is 5.51. The van der Waals surface area contributed by atoms with Gasteiger partial charge in [0.2, 0.25) is 0 Å². The van der Waals surface area contributed by atoms with E-state index in [2.05, 4.69) is 5.32 Å². The van der Waals surface area contributed by atoms with Gasteiger partial charge in [-0.3, -0.25) is 4.79 Å². The number of carbonyl (C=O) groups is 1. The summed E-state index contributed by atoms with van der Waals surface area (Å²) in [6, 6.07) is -0.697. The van der Waals surface area contributed by atoms with Crippen molar-refractivity contribution in [2.24, 2.45) is 0 Å². The van der Waals surface area contributed by atoms with Crippen LogP contribution < -0.4 is 5.32 Å². The molecule has 0 radical (unpaired) electrons. The summed E-state index contributed by atoms with van der Waals surface area (Å²) in [7, 11) is 0. The molecule has 3 nitrogen and oxygen atoms in total. The molecule has 0 aliphatic carbocycles. The Hall–Kier alpha value is -0.780. The van der Waals surface area contributed by atoms with E-state index in [1.807, 2.05) is 0 Å². The van der Waals surface area contributed by atoms with Crippen LogP contribution in [0.15, 0.2) is 0 Å². The Bertz CT molecular complexity index is 246. The van der Waals surface area contributed by atoms with Crippen molar-refractivity contribution in [2.45, 2.75) is 58.4 Å². The fourth-order valence-electron chi connectivity index (χ4n) is 1.23. The van der Waals surface area contributed by atoms with Gasteiger partial charge >= 0.3 is 12.1 Å². The number of rotatable bonds is 5. The monoisotopic (exact) mass is 255 g/mol. The highest BCUT2D eigenvalue weighted by Gasteiger charge is 2.29. The summed E-state index contributed by atoms with van der Waals surface area (Å²) in [6.45, 7) is 6.84. The number of alkyl halides is 3. The van der Waals surface area contributed by atoms with Gasteiger partial charge in [-0.25, -0.2) is 0 Å². The molecule has 0 fully saturated rings. The van der Waals surface area contributed by atoms with Crippen molar-refractivity contribution in [3.63, 3.8) is 0 Å². The van der Waals surface area contributed by atoms with E-state index in [4.69, 9.17) is 4.74 Å². The van der Waals surface area contributed by atoms with E-state index in [-0.39, 0.29) is 13.0 Å². The number of nitrogens with one attached hydrogen (secondary N) is 1. The number of esters is 1. The molecule has 0 saturated carbocycles. The van der Waals surface area contributed by atoms with E-state index in [1.165, 1.54) is 6.92 Å². The molecule has 0 rings (SSSR count). The molecule has 6 heteroatoms. The molecule has 0 aliphatic rings. The Morgan fingerprint density at radius 2 is 1.82 bits per heavy atom. The van der Waals surface area contributed by atoms with Crippen molar-refractivity contribution in [2.75, 3.05) is 6.54 Å². The number of ether oxygens (including phenoxy) is 1. The van der Waals surface area contributed by atoms with E-state index in [0.717, 1.165) is 0 Å². The first kappa shape index (κ1) is 16.2. The smallest absolute Gasteiger partial charge is 0.390 e. The molecule has 0 spiro atoms. The summed E-state index contributed by atoms with van der Waals surface area (Å²) >= 11 is 0. The third kappa shape index (κ3) is 11.5. The quantitative estimate of drug-likeness (QED) is 0.767. The molecular weight excluding hydrogens is 235 g/mol. The standard InChI is InChI=1S/C11H20F3NO2/c1-8(7-11(12,13)14)15-6-5-9(16)17-10(2,3)4/h8,15H,5-7H2,1-4H3. The van der Waals surface area contributed by atoms with Crippen LogP contribution in [0.1, 0.15) is 40.5 Å². The largest absolute Gasteiger partial charge is 0.460 e. The minimum absolute atomic E-state index is 0.0689. The number of halogens is 3. The van der Waals surface area contributed by atoms with Crippen LogP contribution >= 0.6 is 0 Å². The molecule has 0 saturated heterocycles. The third-order valence-electron chi connectivity index (χ3n) is 1.78. The van der Waals surface area contributed by atoms with Gasteiger partial charge in [-0.2, -0.15) is 13.2 Å². The fourth-order valence-corrected chi connectivity index (χ4v) is 1.23. The molecule has 0 bridgehead atoms. The Balaban J connectivity index is 3.74. The predicted molar refractivity (Wildman–Crippen MR) is 58.6 cm³/mol. The zero-order valence-electron chi connectivity index (χ0n) is 10.6. The van der Waals surface area contributed by atoms with Crippen LogP contribution in [0, 0.1) is 0 Å². The van der Waals surface area contributed by atoms with Gasteiger partial charge in [-0.15, -0.1) is 0 Å². The molecule has 0 aromatic carbocycles. The van der Waals surface area contributed by atoms with Gasteiger partial charge in [0.1, 0.15) is 5.60 Å². The maximum atomic E-state index is 12.0. The molecular formula is C11H20F3NO2. The van der Waals surface area contributed by atoms with Crippen molar-refractivity contribution in [1.29, 1.82) is 0 Å². The van der Waals surface area contributed by atoms with E-state index in [9.17, 15) is 18.0 Å². The van der Waals surface area contributed by atoms with Crippen molar-refractivity contribution in [1.82, 2.24) is 5.32 Å². The second-order valence-electron chi connectivity index (χ2n) is 5.01. The average molecular weight is 255 g/mol. The zero-order chi connectivity index (χ0) is 13.7. The highest BCUT2D eigenvalue weighted by atomic mass is 19.4. The van der Waals surface area contributed by atoms with Crippen molar-refractivity contribution < 1.29 is 22.7 Å². The molecule has 17 heavy (non-hydrogen) atoms. The lowest BCUT2D eigenvalue weighted by molar-refractivity contribution is -0.154. The van der Waals surface area contributed by atoms with E-state index < -0.39 is 30.2 Å². The number of hydrogen-bond acceptors (Lipinski definition) is 3. The van der Waals surface area contributed by atoms with Crippen LogP contribution in [0.2, 0.25) is 0 Å². The summed E-state index contributed by atoms with van der Waals surface area (Å²) < 4.78 is 41.0. The van der Waals surface area contributed by atoms with Crippen molar-refractivity contribution >= 4 is 5.97 Å².